The summed E-state index contributed by atoms with van der Waals surface area (Å²) in [6.07, 6.45) is 8.75. The summed E-state index contributed by atoms with van der Waals surface area (Å²) in [5.74, 6) is 0. The third-order valence-electron chi connectivity index (χ3n) is 6.79. The minimum absolute atomic E-state index is 0.115. The van der Waals surface area contributed by atoms with Gasteiger partial charge in [-0.3, -0.25) is 0 Å². The first-order chi connectivity index (χ1) is 13.3. The topological polar surface area (TPSA) is 57.4 Å². The number of likely N-dealkylation sites (tertiary alicyclic amines) is 1. The number of hydrogen-bond donors (Lipinski definition) is 2. The molecule has 5 rings (SSSR count). The molecule has 2 N–H and O–H groups in total. The number of aromatic nitrogens is 1. The maximum atomic E-state index is 12.7. The first-order valence-electron chi connectivity index (χ1n) is 10.5. The Morgan fingerprint density at radius 2 is 1.93 bits per heavy atom. The zero-order valence-corrected chi connectivity index (χ0v) is 15.9. The number of amides is 2. The van der Waals surface area contributed by atoms with Crippen LogP contribution in [0.15, 0.2) is 24.3 Å². The number of carbonyl (C=O) groups excluding carboxylic acids is 1. The lowest BCUT2D eigenvalue weighted by Crippen LogP contribution is -2.52. The Bertz CT molecular complexity index is 829. The number of urea groups is 1. The molecule has 5 heteroatoms. The van der Waals surface area contributed by atoms with Crippen LogP contribution in [0.1, 0.15) is 56.2 Å². The first-order valence-corrected chi connectivity index (χ1v) is 10.5. The van der Waals surface area contributed by atoms with Crippen LogP contribution in [-0.4, -0.2) is 41.7 Å². The Hall–Kier alpha value is -2.01. The molecule has 1 saturated carbocycles. The van der Waals surface area contributed by atoms with Crippen molar-refractivity contribution in [3.05, 3.63) is 35.5 Å². The average molecular weight is 367 g/mol. The predicted molar refractivity (Wildman–Crippen MR) is 106 cm³/mol. The van der Waals surface area contributed by atoms with E-state index in [-0.39, 0.29) is 11.6 Å². The number of rotatable bonds is 1. The van der Waals surface area contributed by atoms with E-state index in [0.717, 1.165) is 51.8 Å². The summed E-state index contributed by atoms with van der Waals surface area (Å²) in [7, 11) is 0. The summed E-state index contributed by atoms with van der Waals surface area (Å²) in [5, 5.41) is 4.59. The van der Waals surface area contributed by atoms with E-state index < -0.39 is 0 Å². The number of fused-ring (bicyclic) bond motifs is 4. The van der Waals surface area contributed by atoms with Crippen molar-refractivity contribution in [2.24, 2.45) is 0 Å². The van der Waals surface area contributed by atoms with Crippen LogP contribution >= 0.6 is 0 Å². The largest absolute Gasteiger partial charge is 0.368 e. The van der Waals surface area contributed by atoms with E-state index in [1.165, 1.54) is 41.4 Å². The molecule has 1 aliphatic carbocycles. The highest BCUT2D eigenvalue weighted by atomic mass is 16.5. The van der Waals surface area contributed by atoms with Gasteiger partial charge in [-0.1, -0.05) is 37.5 Å². The van der Waals surface area contributed by atoms with Crippen LogP contribution in [0.5, 0.6) is 0 Å². The summed E-state index contributed by atoms with van der Waals surface area (Å²) >= 11 is 0. The SMILES string of the molecule is O=C(NC1CCCCC1)N1CCC2(CC1)OCCc1c2[nH]c2ccccc12. The molecule has 2 fully saturated rings. The van der Waals surface area contributed by atoms with Crippen molar-refractivity contribution in [3.8, 4) is 0 Å². The van der Waals surface area contributed by atoms with Crippen LogP contribution in [0.25, 0.3) is 10.9 Å². The summed E-state index contributed by atoms with van der Waals surface area (Å²) in [5.41, 5.74) is 3.61. The highest BCUT2D eigenvalue weighted by molar-refractivity contribution is 5.85. The number of carbonyl (C=O) groups is 1. The Balaban J connectivity index is 1.31. The Morgan fingerprint density at radius 1 is 1.15 bits per heavy atom. The maximum Gasteiger partial charge on any atom is 0.317 e. The molecule has 2 aromatic rings. The van der Waals surface area contributed by atoms with Crippen molar-refractivity contribution in [1.29, 1.82) is 0 Å². The van der Waals surface area contributed by atoms with Crippen LogP contribution in [0, 0.1) is 0 Å². The fourth-order valence-corrected chi connectivity index (χ4v) is 5.25. The number of ether oxygens (including phenoxy) is 1. The summed E-state index contributed by atoms with van der Waals surface area (Å²) < 4.78 is 6.35. The smallest absolute Gasteiger partial charge is 0.317 e. The van der Waals surface area contributed by atoms with Crippen LogP contribution in [0.3, 0.4) is 0 Å². The summed E-state index contributed by atoms with van der Waals surface area (Å²) in [6.45, 7) is 2.28. The molecule has 27 heavy (non-hydrogen) atoms. The highest BCUT2D eigenvalue weighted by Gasteiger charge is 2.43. The molecule has 1 spiro atoms. The van der Waals surface area contributed by atoms with Gasteiger partial charge in [-0.15, -0.1) is 0 Å². The van der Waals surface area contributed by atoms with Gasteiger partial charge in [0.05, 0.1) is 12.3 Å². The van der Waals surface area contributed by atoms with E-state index in [1.807, 2.05) is 4.90 Å². The third kappa shape index (κ3) is 3.02. The quantitative estimate of drug-likeness (QED) is 0.798. The monoisotopic (exact) mass is 367 g/mol. The number of hydrogen-bond acceptors (Lipinski definition) is 2. The molecule has 3 heterocycles. The van der Waals surface area contributed by atoms with Crippen LogP contribution < -0.4 is 5.32 Å². The van der Waals surface area contributed by atoms with Crippen molar-refractivity contribution >= 4 is 16.9 Å². The van der Waals surface area contributed by atoms with E-state index in [2.05, 4.69) is 34.6 Å². The van der Waals surface area contributed by atoms with Crippen molar-refractivity contribution in [2.75, 3.05) is 19.7 Å². The van der Waals surface area contributed by atoms with E-state index in [1.54, 1.807) is 0 Å². The molecule has 1 aromatic carbocycles. The first kappa shape index (κ1) is 17.1. The Morgan fingerprint density at radius 3 is 2.74 bits per heavy atom. The molecular formula is C22H29N3O2. The van der Waals surface area contributed by atoms with E-state index in [9.17, 15) is 4.79 Å². The molecule has 5 nitrogen and oxygen atoms in total. The number of benzene rings is 1. The molecule has 1 aromatic heterocycles. The second kappa shape index (κ2) is 6.86. The molecule has 1 saturated heterocycles. The summed E-state index contributed by atoms with van der Waals surface area (Å²) in [4.78, 5) is 18.3. The van der Waals surface area contributed by atoms with Crippen molar-refractivity contribution in [1.82, 2.24) is 15.2 Å². The molecule has 144 valence electrons. The number of para-hydroxylation sites is 1. The van der Waals surface area contributed by atoms with E-state index in [4.69, 9.17) is 4.74 Å². The molecule has 3 aliphatic rings. The number of nitrogens with zero attached hydrogens (tertiary/aromatic N) is 1. The third-order valence-corrected chi connectivity index (χ3v) is 6.79. The van der Waals surface area contributed by atoms with Crippen molar-refractivity contribution < 1.29 is 9.53 Å². The second-order valence-corrected chi connectivity index (χ2v) is 8.39. The minimum atomic E-state index is -0.256. The van der Waals surface area contributed by atoms with Crippen LogP contribution in [0.4, 0.5) is 4.79 Å². The lowest BCUT2D eigenvalue weighted by atomic mass is 9.83. The van der Waals surface area contributed by atoms with Crippen molar-refractivity contribution in [2.45, 2.75) is 63.0 Å². The average Bonchev–Trinajstić information content (AvgIpc) is 3.10. The second-order valence-electron chi connectivity index (χ2n) is 8.39. The van der Waals surface area contributed by atoms with Gasteiger partial charge >= 0.3 is 6.03 Å². The van der Waals surface area contributed by atoms with Gasteiger partial charge in [-0.05, 0) is 43.7 Å². The van der Waals surface area contributed by atoms with Gasteiger partial charge in [0.15, 0.2) is 0 Å². The Labute approximate surface area is 160 Å². The molecule has 0 unspecified atom stereocenters. The molecule has 0 radical (unpaired) electrons. The lowest BCUT2D eigenvalue weighted by molar-refractivity contribution is -0.0949. The zero-order valence-electron chi connectivity index (χ0n) is 15.9. The number of piperidine rings is 1. The summed E-state index contributed by atoms with van der Waals surface area (Å²) in [6, 6.07) is 9.02. The normalized spacial score (nSPS) is 22.7. The van der Waals surface area contributed by atoms with Gasteiger partial charge in [0, 0.05) is 30.0 Å². The lowest BCUT2D eigenvalue weighted by Gasteiger charge is -2.44. The van der Waals surface area contributed by atoms with Gasteiger partial charge in [-0.2, -0.15) is 0 Å². The van der Waals surface area contributed by atoms with Gasteiger partial charge in [0.25, 0.3) is 0 Å². The Kier molecular flexibility index (Phi) is 4.35. The fraction of sp³-hybridized carbons (Fsp3) is 0.591. The predicted octanol–water partition coefficient (Wildman–Crippen LogP) is 4.07. The number of aromatic amines is 1. The standard InChI is InChI=1S/C22H29N3O2/c26-21(23-16-6-2-1-3-7-16)25-13-11-22(12-14-25)20-18(10-15-27-22)17-8-4-5-9-19(17)24-20/h4-5,8-9,16,24H,1-3,6-7,10-15H2,(H,23,26). The molecule has 0 bridgehead atoms. The van der Waals surface area contributed by atoms with Gasteiger partial charge < -0.3 is 19.9 Å². The minimum Gasteiger partial charge on any atom is -0.368 e. The zero-order chi connectivity index (χ0) is 18.3. The molecule has 0 atom stereocenters. The molecule has 2 aliphatic heterocycles. The highest BCUT2D eigenvalue weighted by Crippen LogP contribution is 2.43. The van der Waals surface area contributed by atoms with Crippen molar-refractivity contribution in [3.63, 3.8) is 0 Å². The molecule has 2 amide bonds. The van der Waals surface area contributed by atoms with Crippen LogP contribution in [-0.2, 0) is 16.8 Å². The van der Waals surface area contributed by atoms with Gasteiger partial charge in [0.2, 0.25) is 0 Å². The fourth-order valence-electron chi connectivity index (χ4n) is 5.25. The van der Waals surface area contributed by atoms with Gasteiger partial charge in [-0.25, -0.2) is 4.79 Å². The van der Waals surface area contributed by atoms with E-state index >= 15 is 0 Å². The number of nitrogens with one attached hydrogen (secondary N) is 2. The number of H-pyrrole nitrogens is 1. The maximum absolute atomic E-state index is 12.7. The molecular weight excluding hydrogens is 338 g/mol. The van der Waals surface area contributed by atoms with Gasteiger partial charge in [0.1, 0.15) is 5.60 Å². The van der Waals surface area contributed by atoms with Crippen LogP contribution in [0.2, 0.25) is 0 Å². The van der Waals surface area contributed by atoms with E-state index in [0.29, 0.717) is 6.04 Å².